The van der Waals surface area contributed by atoms with Gasteiger partial charge in [-0.2, -0.15) is 5.10 Å². The first-order chi connectivity index (χ1) is 19.1. The van der Waals surface area contributed by atoms with Gasteiger partial charge in [-0.3, -0.25) is 9.10 Å². The number of anilines is 1. The van der Waals surface area contributed by atoms with Gasteiger partial charge < -0.3 is 9.30 Å². The third-order valence-corrected chi connectivity index (χ3v) is 8.08. The summed E-state index contributed by atoms with van der Waals surface area (Å²) in [5, 5.41) is 4.05. The highest BCUT2D eigenvalue weighted by molar-refractivity contribution is 7.92. The van der Waals surface area contributed by atoms with Crippen molar-refractivity contribution in [1.29, 1.82) is 0 Å². The lowest BCUT2D eigenvalue weighted by molar-refractivity contribution is -0.119. The molecule has 208 valence electrons. The number of rotatable bonds is 10. The third kappa shape index (κ3) is 6.23. The van der Waals surface area contributed by atoms with Crippen molar-refractivity contribution in [3.05, 3.63) is 107 Å². The average molecular weight is 563 g/mol. The molecule has 10 heteroatoms. The number of aryl methyl sites for hydroxylation is 2. The summed E-state index contributed by atoms with van der Waals surface area (Å²) in [7, 11) is -4.09. The van der Waals surface area contributed by atoms with Crippen LogP contribution in [-0.4, -0.2) is 38.3 Å². The number of carbonyl (C=O) groups is 1. The van der Waals surface area contributed by atoms with Gasteiger partial charge in [0, 0.05) is 17.0 Å². The van der Waals surface area contributed by atoms with Gasteiger partial charge >= 0.3 is 0 Å². The van der Waals surface area contributed by atoms with E-state index < -0.39 is 22.5 Å². The molecule has 0 aliphatic heterocycles. The molecule has 0 unspecified atom stereocenters. The second-order valence-corrected chi connectivity index (χ2v) is 11.0. The molecule has 4 aromatic rings. The summed E-state index contributed by atoms with van der Waals surface area (Å²) >= 11 is 0. The Balaban J connectivity index is 1.55. The normalized spacial score (nSPS) is 11.5. The SMILES string of the molecule is CCOc1ccc(S(=O)(=O)N(CC(=O)N/N=C/c2cc(C)n(-c3ccccc3F)c2C)c2ccc(C)cc2)cc1. The number of amides is 1. The first-order valence-electron chi connectivity index (χ1n) is 12.7. The first kappa shape index (κ1) is 28.6. The van der Waals surface area contributed by atoms with E-state index in [1.165, 1.54) is 24.4 Å². The maximum Gasteiger partial charge on any atom is 0.264 e. The van der Waals surface area contributed by atoms with Crippen LogP contribution in [0.5, 0.6) is 5.75 Å². The van der Waals surface area contributed by atoms with Crippen molar-refractivity contribution in [1.82, 2.24) is 9.99 Å². The maximum atomic E-state index is 14.4. The number of carbonyl (C=O) groups excluding carboxylic acids is 1. The van der Waals surface area contributed by atoms with E-state index in [0.29, 0.717) is 29.3 Å². The van der Waals surface area contributed by atoms with Crippen molar-refractivity contribution in [3.63, 3.8) is 0 Å². The summed E-state index contributed by atoms with van der Waals surface area (Å²) in [4.78, 5) is 12.9. The zero-order valence-corrected chi connectivity index (χ0v) is 23.6. The molecule has 40 heavy (non-hydrogen) atoms. The Kier molecular flexibility index (Phi) is 8.69. The number of aromatic nitrogens is 1. The molecule has 8 nitrogen and oxygen atoms in total. The van der Waals surface area contributed by atoms with Crippen molar-refractivity contribution in [2.45, 2.75) is 32.6 Å². The zero-order valence-electron chi connectivity index (χ0n) is 22.8. The number of sulfonamides is 1. The van der Waals surface area contributed by atoms with Crippen LogP contribution >= 0.6 is 0 Å². The van der Waals surface area contributed by atoms with E-state index in [2.05, 4.69) is 10.5 Å². The number of benzene rings is 3. The monoisotopic (exact) mass is 562 g/mol. The smallest absolute Gasteiger partial charge is 0.264 e. The van der Waals surface area contributed by atoms with Crippen LogP contribution in [0.4, 0.5) is 10.1 Å². The molecule has 0 bridgehead atoms. The van der Waals surface area contributed by atoms with Crippen LogP contribution in [0.25, 0.3) is 5.69 Å². The van der Waals surface area contributed by atoms with Crippen molar-refractivity contribution in [2.75, 3.05) is 17.5 Å². The Bertz CT molecular complexity index is 1630. The molecule has 0 aliphatic carbocycles. The van der Waals surface area contributed by atoms with Crippen molar-refractivity contribution in [2.24, 2.45) is 5.10 Å². The summed E-state index contributed by atoms with van der Waals surface area (Å²) in [6, 6.07) is 21.2. The van der Waals surface area contributed by atoms with E-state index in [4.69, 9.17) is 4.74 Å². The van der Waals surface area contributed by atoms with Gasteiger partial charge in [0.15, 0.2) is 0 Å². The summed E-state index contributed by atoms with van der Waals surface area (Å²) in [6.45, 7) is 7.36. The summed E-state index contributed by atoms with van der Waals surface area (Å²) in [6.07, 6.45) is 1.45. The van der Waals surface area contributed by atoms with Crippen molar-refractivity contribution in [3.8, 4) is 11.4 Å². The van der Waals surface area contributed by atoms with Gasteiger partial charge in [-0.25, -0.2) is 18.2 Å². The lowest BCUT2D eigenvalue weighted by atomic mass is 10.2. The highest BCUT2D eigenvalue weighted by atomic mass is 32.2. The fraction of sp³-hybridized carbons (Fsp3) is 0.200. The molecule has 0 atom stereocenters. The fourth-order valence-electron chi connectivity index (χ4n) is 4.29. The van der Waals surface area contributed by atoms with E-state index in [1.54, 1.807) is 59.2 Å². The largest absolute Gasteiger partial charge is 0.494 e. The molecule has 0 saturated carbocycles. The number of hydrogen-bond donors (Lipinski definition) is 1. The number of ether oxygens (including phenoxy) is 1. The standard InChI is InChI=1S/C30H31FN4O4S/c1-5-39-26-14-16-27(17-15-26)40(37,38)34(25-12-10-21(2)11-13-25)20-30(36)33-32-19-24-18-22(3)35(23(24)4)29-9-7-6-8-28(29)31/h6-19H,5,20H2,1-4H3,(H,33,36)/b32-19+. The number of para-hydroxylation sites is 1. The third-order valence-electron chi connectivity index (χ3n) is 6.29. The topological polar surface area (TPSA) is 93.0 Å². The van der Waals surface area contributed by atoms with Gasteiger partial charge in [-0.15, -0.1) is 0 Å². The predicted molar refractivity (Wildman–Crippen MR) is 154 cm³/mol. The average Bonchev–Trinajstić information content (AvgIpc) is 3.21. The van der Waals surface area contributed by atoms with Gasteiger partial charge in [0.2, 0.25) is 0 Å². The summed E-state index contributed by atoms with van der Waals surface area (Å²) in [5.74, 6) is -0.440. The quantitative estimate of drug-likeness (QED) is 0.210. The van der Waals surface area contributed by atoms with Crippen LogP contribution in [0.1, 0.15) is 29.4 Å². The van der Waals surface area contributed by atoms with Crippen LogP contribution in [0.15, 0.2) is 88.9 Å². The number of nitrogens with zero attached hydrogens (tertiary/aromatic N) is 3. The Morgan fingerprint density at radius 2 is 1.70 bits per heavy atom. The molecule has 1 aromatic heterocycles. The highest BCUT2D eigenvalue weighted by Gasteiger charge is 2.27. The Hall–Kier alpha value is -4.44. The van der Waals surface area contributed by atoms with Crippen LogP contribution < -0.4 is 14.5 Å². The molecule has 1 heterocycles. The molecule has 0 aliphatic rings. The van der Waals surface area contributed by atoms with Crippen LogP contribution in [-0.2, 0) is 14.8 Å². The minimum Gasteiger partial charge on any atom is -0.494 e. The second kappa shape index (κ2) is 12.2. The highest BCUT2D eigenvalue weighted by Crippen LogP contribution is 2.26. The predicted octanol–water partition coefficient (Wildman–Crippen LogP) is 5.29. The number of hydrazone groups is 1. The van der Waals surface area contributed by atoms with Gasteiger partial charge in [0.1, 0.15) is 18.1 Å². The van der Waals surface area contributed by atoms with Crippen molar-refractivity contribution >= 4 is 27.8 Å². The van der Waals surface area contributed by atoms with E-state index in [-0.39, 0.29) is 10.7 Å². The van der Waals surface area contributed by atoms with Crippen molar-refractivity contribution < 1.29 is 22.3 Å². The molecule has 1 N–H and O–H groups in total. The molecule has 0 saturated heterocycles. The molecular weight excluding hydrogens is 531 g/mol. The van der Waals surface area contributed by atoms with Gasteiger partial charge in [0.25, 0.3) is 15.9 Å². The number of halogens is 1. The molecule has 0 radical (unpaired) electrons. The lowest BCUT2D eigenvalue weighted by Crippen LogP contribution is -2.39. The second-order valence-electron chi connectivity index (χ2n) is 9.16. The Morgan fingerprint density at radius 3 is 2.35 bits per heavy atom. The van der Waals surface area contributed by atoms with E-state index in [0.717, 1.165) is 21.3 Å². The Labute approximate surface area is 233 Å². The van der Waals surface area contributed by atoms with Gasteiger partial charge in [-0.05, 0) is 82.3 Å². The summed E-state index contributed by atoms with van der Waals surface area (Å²) < 4.78 is 49.8. The molecule has 0 fully saturated rings. The maximum absolute atomic E-state index is 14.4. The van der Waals surface area contributed by atoms with E-state index >= 15 is 0 Å². The molecule has 0 spiro atoms. The van der Waals surface area contributed by atoms with E-state index in [1.807, 2.05) is 33.8 Å². The van der Waals surface area contributed by atoms with Gasteiger partial charge in [-0.1, -0.05) is 29.8 Å². The minimum absolute atomic E-state index is 0.0217. The molecule has 3 aromatic carbocycles. The number of nitrogens with one attached hydrogen (secondary N) is 1. The van der Waals surface area contributed by atoms with Crippen LogP contribution in [0, 0.1) is 26.6 Å². The minimum atomic E-state index is -4.09. The fourth-order valence-corrected chi connectivity index (χ4v) is 5.71. The number of hydrogen-bond acceptors (Lipinski definition) is 5. The van der Waals surface area contributed by atoms with Gasteiger partial charge in [0.05, 0.1) is 29.1 Å². The van der Waals surface area contributed by atoms with Crippen LogP contribution in [0.3, 0.4) is 0 Å². The molecule has 1 amide bonds. The zero-order chi connectivity index (χ0) is 28.9. The van der Waals surface area contributed by atoms with E-state index in [9.17, 15) is 17.6 Å². The van der Waals surface area contributed by atoms with Crippen LogP contribution in [0.2, 0.25) is 0 Å². The lowest BCUT2D eigenvalue weighted by Gasteiger charge is -2.24. The summed E-state index contributed by atoms with van der Waals surface area (Å²) in [5.41, 5.74) is 6.33. The Morgan fingerprint density at radius 1 is 1.02 bits per heavy atom. The molecular formula is C30H31FN4O4S. The first-order valence-corrected chi connectivity index (χ1v) is 14.1. The molecule has 4 rings (SSSR count).